The van der Waals surface area contributed by atoms with Crippen LogP contribution in [0.3, 0.4) is 0 Å². The molecule has 1 saturated heterocycles. The molecule has 1 aliphatic rings. The number of carbonyl (C=O) groups excluding carboxylic acids is 2. The summed E-state index contributed by atoms with van der Waals surface area (Å²) in [4.78, 5) is 27.1. The van der Waals surface area contributed by atoms with Gasteiger partial charge in [-0.15, -0.1) is 0 Å². The summed E-state index contributed by atoms with van der Waals surface area (Å²) in [6, 6.07) is 14.4. The van der Waals surface area contributed by atoms with Crippen LogP contribution in [0.1, 0.15) is 52.1 Å². The molecule has 1 heterocycles. The number of nitrogens with one attached hydrogen (secondary N) is 1. The first-order valence-electron chi connectivity index (χ1n) is 9.85. The number of rotatable bonds is 3. The Morgan fingerprint density at radius 3 is 2.33 bits per heavy atom. The van der Waals surface area contributed by atoms with Crippen LogP contribution in [0.5, 0.6) is 0 Å². The largest absolute Gasteiger partial charge is 0.349 e. The van der Waals surface area contributed by atoms with Crippen molar-refractivity contribution in [1.82, 2.24) is 10.2 Å². The van der Waals surface area contributed by atoms with Gasteiger partial charge in [0.1, 0.15) is 0 Å². The maximum Gasteiger partial charge on any atom is 0.227 e. The van der Waals surface area contributed by atoms with Crippen molar-refractivity contribution in [3.63, 3.8) is 0 Å². The van der Waals surface area contributed by atoms with Crippen LogP contribution in [0, 0.1) is 11.3 Å². The van der Waals surface area contributed by atoms with E-state index in [0.29, 0.717) is 13.1 Å². The molecule has 3 rings (SSSR count). The number of hydrogen-bond acceptors (Lipinski definition) is 2. The zero-order valence-corrected chi connectivity index (χ0v) is 16.8. The third-order valence-electron chi connectivity index (χ3n) is 5.44. The van der Waals surface area contributed by atoms with E-state index >= 15 is 0 Å². The minimum absolute atomic E-state index is 0.0218. The maximum atomic E-state index is 12.8. The van der Waals surface area contributed by atoms with E-state index in [4.69, 9.17) is 0 Å². The Hall–Kier alpha value is -2.36. The third-order valence-corrected chi connectivity index (χ3v) is 5.44. The molecule has 4 nitrogen and oxygen atoms in total. The first-order chi connectivity index (χ1) is 12.8. The number of benzene rings is 2. The Balaban J connectivity index is 1.62. The molecule has 144 valence electrons. The summed E-state index contributed by atoms with van der Waals surface area (Å²) in [7, 11) is 0. The molecule has 2 amide bonds. The quantitative estimate of drug-likeness (QED) is 0.880. The Labute approximate surface area is 161 Å². The van der Waals surface area contributed by atoms with Gasteiger partial charge in [-0.25, -0.2) is 0 Å². The molecule has 0 spiro atoms. The molecule has 1 unspecified atom stereocenters. The fraction of sp³-hybridized carbons (Fsp3) is 0.478. The van der Waals surface area contributed by atoms with Crippen LogP contribution in [0.4, 0.5) is 0 Å². The summed E-state index contributed by atoms with van der Waals surface area (Å²) in [5, 5.41) is 5.55. The van der Waals surface area contributed by atoms with Crippen LogP contribution in [-0.2, 0) is 9.59 Å². The van der Waals surface area contributed by atoms with Crippen LogP contribution < -0.4 is 5.32 Å². The van der Waals surface area contributed by atoms with E-state index < -0.39 is 0 Å². The monoisotopic (exact) mass is 366 g/mol. The molecule has 0 saturated carbocycles. The van der Waals surface area contributed by atoms with Gasteiger partial charge >= 0.3 is 0 Å². The Bertz CT molecular complexity index is 824. The number of likely N-dealkylation sites (tertiary alicyclic amines) is 1. The van der Waals surface area contributed by atoms with E-state index in [2.05, 4.69) is 29.6 Å². The Kier molecular flexibility index (Phi) is 5.54. The van der Waals surface area contributed by atoms with Gasteiger partial charge in [0.15, 0.2) is 0 Å². The van der Waals surface area contributed by atoms with Gasteiger partial charge in [-0.05, 0) is 36.1 Å². The van der Waals surface area contributed by atoms with Crippen LogP contribution in [0.2, 0.25) is 0 Å². The first-order valence-corrected chi connectivity index (χ1v) is 9.85. The molecule has 4 heteroatoms. The first kappa shape index (κ1) is 19.4. The molecule has 0 aromatic heterocycles. The molecular formula is C23H30N2O2. The van der Waals surface area contributed by atoms with Crippen molar-refractivity contribution in [2.24, 2.45) is 11.3 Å². The predicted molar refractivity (Wildman–Crippen MR) is 109 cm³/mol. The van der Waals surface area contributed by atoms with E-state index in [1.54, 1.807) is 0 Å². The smallest absolute Gasteiger partial charge is 0.227 e. The lowest BCUT2D eigenvalue weighted by atomic mass is 9.90. The standard InChI is InChI=1S/C23H30N2O2/c1-16(19-11-7-9-17-8-5-6-10-20(17)19)24-21(26)18-12-14-25(15-13-18)22(27)23(2,3)4/h5-11,16,18H,12-15H2,1-4H3,(H,24,26). The van der Waals surface area contributed by atoms with Gasteiger partial charge in [0.25, 0.3) is 0 Å². The SMILES string of the molecule is CC(NC(=O)C1CCN(C(=O)C(C)(C)C)CC1)c1cccc2ccccc12. The second-order valence-corrected chi connectivity index (χ2v) is 8.62. The highest BCUT2D eigenvalue weighted by Crippen LogP contribution is 2.26. The highest BCUT2D eigenvalue weighted by Gasteiger charge is 2.32. The van der Waals surface area contributed by atoms with E-state index in [0.717, 1.165) is 18.4 Å². The number of carbonyl (C=O) groups is 2. The highest BCUT2D eigenvalue weighted by molar-refractivity contribution is 5.87. The molecule has 1 fully saturated rings. The normalized spacial score (nSPS) is 17.0. The second kappa shape index (κ2) is 7.71. The van der Waals surface area contributed by atoms with Crippen LogP contribution in [0.25, 0.3) is 10.8 Å². The van der Waals surface area contributed by atoms with E-state index in [-0.39, 0.29) is 29.2 Å². The van der Waals surface area contributed by atoms with E-state index in [9.17, 15) is 9.59 Å². The molecule has 1 N–H and O–H groups in total. The van der Waals surface area contributed by atoms with Crippen molar-refractivity contribution in [1.29, 1.82) is 0 Å². The molecule has 2 aromatic rings. The zero-order chi connectivity index (χ0) is 19.6. The summed E-state index contributed by atoms with van der Waals surface area (Å²) < 4.78 is 0. The summed E-state index contributed by atoms with van der Waals surface area (Å²) in [5.41, 5.74) is 0.777. The van der Waals surface area contributed by atoms with Crippen LogP contribution in [-0.4, -0.2) is 29.8 Å². The molecule has 27 heavy (non-hydrogen) atoms. The minimum Gasteiger partial charge on any atom is -0.349 e. The van der Waals surface area contributed by atoms with Crippen LogP contribution >= 0.6 is 0 Å². The lowest BCUT2D eigenvalue weighted by Gasteiger charge is -2.35. The number of nitrogens with zero attached hydrogens (tertiary/aromatic N) is 1. The number of amides is 2. The van der Waals surface area contributed by atoms with E-state index in [1.165, 1.54) is 10.8 Å². The lowest BCUT2D eigenvalue weighted by molar-refractivity contribution is -0.142. The molecule has 0 bridgehead atoms. The third kappa shape index (κ3) is 4.32. The summed E-state index contributed by atoms with van der Waals surface area (Å²) >= 11 is 0. The summed E-state index contributed by atoms with van der Waals surface area (Å²) in [5.74, 6) is 0.246. The van der Waals surface area contributed by atoms with Crippen molar-refractivity contribution in [3.8, 4) is 0 Å². The number of piperidine rings is 1. The van der Waals surface area contributed by atoms with Gasteiger partial charge in [-0.3, -0.25) is 9.59 Å². The fourth-order valence-electron chi connectivity index (χ4n) is 3.86. The van der Waals surface area contributed by atoms with Crippen molar-refractivity contribution >= 4 is 22.6 Å². The maximum absolute atomic E-state index is 12.8. The molecule has 1 atom stereocenters. The van der Waals surface area contributed by atoms with Gasteiger partial charge in [-0.1, -0.05) is 63.2 Å². The lowest BCUT2D eigenvalue weighted by Crippen LogP contribution is -2.46. The second-order valence-electron chi connectivity index (χ2n) is 8.62. The minimum atomic E-state index is -0.363. The fourth-order valence-corrected chi connectivity index (χ4v) is 3.86. The van der Waals surface area contributed by atoms with Crippen molar-refractivity contribution < 1.29 is 9.59 Å². The summed E-state index contributed by atoms with van der Waals surface area (Å²) in [6.45, 7) is 9.20. The molecule has 2 aromatic carbocycles. The Morgan fingerprint density at radius 2 is 1.67 bits per heavy atom. The van der Waals surface area contributed by atoms with Gasteiger partial charge in [0, 0.05) is 24.4 Å². The van der Waals surface area contributed by atoms with E-state index in [1.807, 2.05) is 50.8 Å². The predicted octanol–water partition coefficient (Wildman–Crippen LogP) is 4.30. The Morgan fingerprint density at radius 1 is 1.04 bits per heavy atom. The van der Waals surface area contributed by atoms with Crippen molar-refractivity contribution in [2.45, 2.75) is 46.6 Å². The zero-order valence-electron chi connectivity index (χ0n) is 16.8. The number of fused-ring (bicyclic) bond motifs is 1. The van der Waals surface area contributed by atoms with Gasteiger partial charge in [-0.2, -0.15) is 0 Å². The average Bonchev–Trinajstić information content (AvgIpc) is 2.66. The molecule has 1 aliphatic heterocycles. The topological polar surface area (TPSA) is 49.4 Å². The van der Waals surface area contributed by atoms with Gasteiger partial charge in [0.2, 0.25) is 11.8 Å². The van der Waals surface area contributed by atoms with Gasteiger partial charge in [0.05, 0.1) is 6.04 Å². The number of hydrogen-bond donors (Lipinski definition) is 1. The summed E-state index contributed by atoms with van der Waals surface area (Å²) in [6.07, 6.45) is 1.46. The molecule has 0 aliphatic carbocycles. The average molecular weight is 367 g/mol. The van der Waals surface area contributed by atoms with Crippen LogP contribution in [0.15, 0.2) is 42.5 Å². The van der Waals surface area contributed by atoms with Gasteiger partial charge < -0.3 is 10.2 Å². The molecular weight excluding hydrogens is 336 g/mol. The highest BCUT2D eigenvalue weighted by atomic mass is 16.2. The van der Waals surface area contributed by atoms with Crippen molar-refractivity contribution in [3.05, 3.63) is 48.0 Å². The van der Waals surface area contributed by atoms with Crippen molar-refractivity contribution in [2.75, 3.05) is 13.1 Å². The molecule has 0 radical (unpaired) electrons.